The van der Waals surface area contributed by atoms with E-state index >= 15 is 0 Å². The number of nitrogens with zero attached hydrogens (tertiary/aromatic N) is 2. The number of rotatable bonds is 6. The summed E-state index contributed by atoms with van der Waals surface area (Å²) in [5.74, 6) is -3.02. The van der Waals surface area contributed by atoms with Crippen molar-refractivity contribution < 1.29 is 32.6 Å². The molecular weight excluding hydrogens is 389 g/mol. The zero-order valence-corrected chi connectivity index (χ0v) is 14.7. The highest BCUT2D eigenvalue weighted by molar-refractivity contribution is 6.00. The van der Waals surface area contributed by atoms with Crippen LogP contribution in [0.5, 0.6) is 5.75 Å². The molecule has 0 saturated heterocycles. The zero-order chi connectivity index (χ0) is 21.0. The van der Waals surface area contributed by atoms with Crippen molar-refractivity contribution >= 4 is 11.8 Å². The van der Waals surface area contributed by atoms with Crippen LogP contribution in [0.15, 0.2) is 61.1 Å². The molecule has 1 N–H and O–H groups in total. The first-order chi connectivity index (χ1) is 13.7. The van der Waals surface area contributed by atoms with Crippen molar-refractivity contribution in [1.82, 2.24) is 9.97 Å². The SMILES string of the molecule is O=C(Cc1ccc(-c2cccnc2)cn1)c1ccc(OC(F)(F)F)c(C(=O)O)c1. The maximum absolute atomic E-state index is 12.4. The number of ether oxygens (including phenoxy) is 1. The molecule has 2 heterocycles. The summed E-state index contributed by atoms with van der Waals surface area (Å²) in [5.41, 5.74) is 1.26. The van der Waals surface area contributed by atoms with Gasteiger partial charge in [0.1, 0.15) is 11.3 Å². The number of Topliss-reactive ketones (excluding diaryl/α,β-unsaturated/α-hetero) is 1. The number of aromatic carboxylic acids is 1. The third kappa shape index (κ3) is 5.16. The summed E-state index contributed by atoms with van der Waals surface area (Å²) in [4.78, 5) is 31.9. The Morgan fingerprint density at radius 1 is 1.03 bits per heavy atom. The number of hydrogen-bond donors (Lipinski definition) is 1. The Hall–Kier alpha value is -3.75. The van der Waals surface area contributed by atoms with E-state index in [9.17, 15) is 22.8 Å². The monoisotopic (exact) mass is 402 g/mol. The molecule has 0 aliphatic rings. The lowest BCUT2D eigenvalue weighted by Crippen LogP contribution is -2.19. The molecule has 0 aliphatic carbocycles. The summed E-state index contributed by atoms with van der Waals surface area (Å²) in [6.45, 7) is 0. The normalized spacial score (nSPS) is 11.1. The van der Waals surface area contributed by atoms with Crippen LogP contribution in [0.1, 0.15) is 26.4 Å². The molecular formula is C20H13F3N2O4. The van der Waals surface area contributed by atoms with Crippen LogP contribution in [0.4, 0.5) is 13.2 Å². The van der Waals surface area contributed by atoms with E-state index in [1.807, 2.05) is 6.07 Å². The minimum atomic E-state index is -5.05. The van der Waals surface area contributed by atoms with Crippen LogP contribution >= 0.6 is 0 Å². The van der Waals surface area contributed by atoms with Gasteiger partial charge in [-0.05, 0) is 30.3 Å². The lowest BCUT2D eigenvalue weighted by Gasteiger charge is -2.12. The number of ketones is 1. The Kier molecular flexibility index (Phi) is 5.58. The second kappa shape index (κ2) is 8.09. The minimum Gasteiger partial charge on any atom is -0.478 e. The van der Waals surface area contributed by atoms with Crippen molar-refractivity contribution in [2.75, 3.05) is 0 Å². The number of hydrogen-bond acceptors (Lipinski definition) is 5. The molecule has 0 saturated carbocycles. The van der Waals surface area contributed by atoms with Crippen LogP contribution < -0.4 is 4.74 Å². The average molecular weight is 402 g/mol. The van der Waals surface area contributed by atoms with Crippen LogP contribution in [0.2, 0.25) is 0 Å². The van der Waals surface area contributed by atoms with E-state index < -0.39 is 29.4 Å². The molecule has 29 heavy (non-hydrogen) atoms. The standard InChI is InChI=1S/C20H13F3N2O4/c21-20(22,23)29-18-6-4-12(8-16(18)19(27)28)17(26)9-15-5-3-14(11-25-15)13-2-1-7-24-10-13/h1-8,10-11H,9H2,(H,27,28). The average Bonchev–Trinajstić information content (AvgIpc) is 2.68. The van der Waals surface area contributed by atoms with Crippen molar-refractivity contribution in [2.24, 2.45) is 0 Å². The van der Waals surface area contributed by atoms with Gasteiger partial charge in [0.25, 0.3) is 0 Å². The number of carboxylic acid groups (broad SMARTS) is 1. The van der Waals surface area contributed by atoms with E-state index in [-0.39, 0.29) is 12.0 Å². The van der Waals surface area contributed by atoms with Crippen LogP contribution in [0.25, 0.3) is 11.1 Å². The van der Waals surface area contributed by atoms with E-state index in [1.165, 1.54) is 0 Å². The summed E-state index contributed by atoms with van der Waals surface area (Å²) in [6.07, 6.45) is -0.315. The Morgan fingerprint density at radius 3 is 2.38 bits per heavy atom. The maximum Gasteiger partial charge on any atom is 0.573 e. The van der Waals surface area contributed by atoms with Gasteiger partial charge < -0.3 is 9.84 Å². The minimum absolute atomic E-state index is 0.0601. The first kappa shape index (κ1) is 20.0. The van der Waals surface area contributed by atoms with Gasteiger partial charge in [0.15, 0.2) is 5.78 Å². The molecule has 0 fully saturated rings. The third-order valence-corrected chi connectivity index (χ3v) is 3.92. The Bertz CT molecular complexity index is 1040. The molecule has 1 aromatic carbocycles. The molecule has 2 aromatic heterocycles. The summed E-state index contributed by atoms with van der Waals surface area (Å²) in [5, 5.41) is 9.12. The molecule has 6 nitrogen and oxygen atoms in total. The fourth-order valence-corrected chi connectivity index (χ4v) is 2.58. The summed E-state index contributed by atoms with van der Waals surface area (Å²) < 4.78 is 40.9. The molecule has 3 rings (SSSR count). The molecule has 9 heteroatoms. The Balaban J connectivity index is 1.78. The molecule has 0 atom stereocenters. The number of carboxylic acids is 1. The van der Waals surface area contributed by atoms with Crippen LogP contribution in [-0.2, 0) is 6.42 Å². The highest BCUT2D eigenvalue weighted by Gasteiger charge is 2.33. The molecule has 0 aliphatic heterocycles. The second-order valence-electron chi connectivity index (χ2n) is 5.94. The van der Waals surface area contributed by atoms with Gasteiger partial charge in [0.05, 0.1) is 6.42 Å². The van der Waals surface area contributed by atoms with Gasteiger partial charge in [-0.25, -0.2) is 4.79 Å². The Labute approximate surface area is 162 Å². The van der Waals surface area contributed by atoms with Crippen molar-refractivity contribution in [3.8, 4) is 16.9 Å². The van der Waals surface area contributed by atoms with Gasteiger partial charge in [0.2, 0.25) is 0 Å². The second-order valence-corrected chi connectivity index (χ2v) is 5.94. The molecule has 0 unspecified atom stereocenters. The van der Waals surface area contributed by atoms with Gasteiger partial charge in [-0.2, -0.15) is 0 Å². The summed E-state index contributed by atoms with van der Waals surface area (Å²) >= 11 is 0. The van der Waals surface area contributed by atoms with E-state index in [0.29, 0.717) is 5.69 Å². The molecule has 0 spiro atoms. The third-order valence-electron chi connectivity index (χ3n) is 3.92. The van der Waals surface area contributed by atoms with Crippen LogP contribution in [-0.4, -0.2) is 33.2 Å². The van der Waals surface area contributed by atoms with Crippen LogP contribution in [0.3, 0.4) is 0 Å². The van der Waals surface area contributed by atoms with Crippen molar-refractivity contribution in [1.29, 1.82) is 0 Å². The Morgan fingerprint density at radius 2 is 1.79 bits per heavy atom. The summed E-state index contributed by atoms with van der Waals surface area (Å²) in [7, 11) is 0. The highest BCUT2D eigenvalue weighted by Crippen LogP contribution is 2.28. The molecule has 148 valence electrons. The fraction of sp³-hybridized carbons (Fsp3) is 0.100. The van der Waals surface area contributed by atoms with E-state index in [4.69, 9.17) is 5.11 Å². The van der Waals surface area contributed by atoms with Gasteiger partial charge in [-0.15, -0.1) is 13.2 Å². The van der Waals surface area contributed by atoms with Gasteiger partial charge >= 0.3 is 12.3 Å². The largest absolute Gasteiger partial charge is 0.573 e. The topological polar surface area (TPSA) is 89.4 Å². The number of halogens is 3. The lowest BCUT2D eigenvalue weighted by molar-refractivity contribution is -0.274. The van der Waals surface area contributed by atoms with Crippen LogP contribution in [0, 0.1) is 0 Å². The van der Waals surface area contributed by atoms with Crippen molar-refractivity contribution in [3.05, 3.63) is 77.9 Å². The first-order valence-electron chi connectivity index (χ1n) is 8.24. The number of carbonyl (C=O) groups excluding carboxylic acids is 1. The molecule has 0 radical (unpaired) electrons. The number of pyridine rings is 2. The van der Waals surface area contributed by atoms with Gasteiger partial charge in [-0.1, -0.05) is 12.1 Å². The fourth-order valence-electron chi connectivity index (χ4n) is 2.58. The molecule has 0 amide bonds. The maximum atomic E-state index is 12.4. The first-order valence-corrected chi connectivity index (χ1v) is 8.24. The van der Waals surface area contributed by atoms with E-state index in [1.54, 1.807) is 36.8 Å². The van der Waals surface area contributed by atoms with Gasteiger partial charge in [0, 0.05) is 41.0 Å². The van der Waals surface area contributed by atoms with Crippen molar-refractivity contribution in [2.45, 2.75) is 12.8 Å². The number of alkyl halides is 3. The predicted octanol–water partition coefficient (Wildman–Crippen LogP) is 4.17. The van der Waals surface area contributed by atoms with Crippen molar-refractivity contribution in [3.63, 3.8) is 0 Å². The quantitative estimate of drug-likeness (QED) is 0.623. The van der Waals surface area contributed by atoms with E-state index in [2.05, 4.69) is 14.7 Å². The summed E-state index contributed by atoms with van der Waals surface area (Å²) in [6, 6.07) is 9.78. The number of carbonyl (C=O) groups is 2. The lowest BCUT2D eigenvalue weighted by atomic mass is 10.0. The number of aromatic nitrogens is 2. The number of benzene rings is 1. The molecule has 0 bridgehead atoms. The smallest absolute Gasteiger partial charge is 0.478 e. The van der Waals surface area contributed by atoms with Gasteiger partial charge in [-0.3, -0.25) is 14.8 Å². The predicted molar refractivity (Wildman–Crippen MR) is 95.6 cm³/mol. The highest BCUT2D eigenvalue weighted by atomic mass is 19.4. The zero-order valence-electron chi connectivity index (χ0n) is 14.7. The van der Waals surface area contributed by atoms with E-state index in [0.717, 1.165) is 29.3 Å². The molecule has 3 aromatic rings.